The Labute approximate surface area is 102 Å². The number of aryl methyl sites for hydroxylation is 1. The summed E-state index contributed by atoms with van der Waals surface area (Å²) in [6.07, 6.45) is 1.40. The molecule has 0 aliphatic heterocycles. The van der Waals surface area contributed by atoms with Crippen LogP contribution in [0.3, 0.4) is 0 Å². The van der Waals surface area contributed by atoms with E-state index in [1.807, 2.05) is 13.8 Å². The highest BCUT2D eigenvalue weighted by Gasteiger charge is 2.24. The van der Waals surface area contributed by atoms with Crippen LogP contribution in [-0.2, 0) is 17.3 Å². The maximum Gasteiger partial charge on any atom is 0.280 e. The van der Waals surface area contributed by atoms with E-state index in [0.29, 0.717) is 5.82 Å². The van der Waals surface area contributed by atoms with Gasteiger partial charge < -0.3 is 0 Å². The van der Waals surface area contributed by atoms with E-state index in [1.165, 1.54) is 17.7 Å². The zero-order chi connectivity index (χ0) is 13.2. The molecule has 1 rings (SSSR count). The molecule has 1 unspecified atom stereocenters. The molecule has 0 bridgehead atoms. The number of aromatic nitrogens is 3. The quantitative estimate of drug-likeness (QED) is 0.812. The molecule has 17 heavy (non-hydrogen) atoms. The second-order valence-corrected chi connectivity index (χ2v) is 5.96. The molecule has 1 heterocycles. The summed E-state index contributed by atoms with van der Waals surface area (Å²) in [5.74, 6) is 0.575. The minimum Gasteiger partial charge on any atom is -0.252 e. The lowest BCUT2D eigenvalue weighted by Crippen LogP contribution is -2.43. The van der Waals surface area contributed by atoms with E-state index in [9.17, 15) is 8.42 Å². The predicted molar refractivity (Wildman–Crippen MR) is 64.4 cm³/mol. The monoisotopic (exact) mass is 261 g/mol. The molecular formula is C9H19N5O2S. The minimum atomic E-state index is -3.50. The minimum absolute atomic E-state index is 0.0980. The standard InChI is InChI=1S/C9H19N5O2S/c1-7(2)14(5)17(15,16)12-8(3)9-10-6-11-13(9)4/h6-8,12H,1-5H3. The van der Waals surface area contributed by atoms with Gasteiger partial charge in [0.15, 0.2) is 0 Å². The Morgan fingerprint density at radius 2 is 2.00 bits per heavy atom. The van der Waals surface area contributed by atoms with E-state index in [4.69, 9.17) is 0 Å². The Bertz CT molecular complexity index is 467. The zero-order valence-electron chi connectivity index (χ0n) is 10.7. The van der Waals surface area contributed by atoms with Crippen molar-refractivity contribution in [2.75, 3.05) is 7.05 Å². The summed E-state index contributed by atoms with van der Waals surface area (Å²) in [4.78, 5) is 4.01. The van der Waals surface area contributed by atoms with E-state index in [0.717, 1.165) is 0 Å². The van der Waals surface area contributed by atoms with Gasteiger partial charge >= 0.3 is 0 Å². The molecule has 0 saturated heterocycles. The molecular weight excluding hydrogens is 242 g/mol. The molecule has 0 aliphatic rings. The van der Waals surface area contributed by atoms with Crippen LogP contribution in [0.15, 0.2) is 6.33 Å². The fourth-order valence-electron chi connectivity index (χ4n) is 1.33. The van der Waals surface area contributed by atoms with Crippen molar-refractivity contribution < 1.29 is 8.42 Å². The molecule has 7 nitrogen and oxygen atoms in total. The maximum absolute atomic E-state index is 11.9. The van der Waals surface area contributed by atoms with Gasteiger partial charge in [0, 0.05) is 20.1 Å². The van der Waals surface area contributed by atoms with Gasteiger partial charge in [-0.25, -0.2) is 4.98 Å². The summed E-state index contributed by atoms with van der Waals surface area (Å²) in [6.45, 7) is 5.36. The lowest BCUT2D eigenvalue weighted by atomic mass is 10.3. The smallest absolute Gasteiger partial charge is 0.252 e. The Kier molecular flexibility index (Phi) is 4.23. The molecule has 0 spiro atoms. The summed E-state index contributed by atoms with van der Waals surface area (Å²) < 4.78 is 29.3. The van der Waals surface area contributed by atoms with Crippen molar-refractivity contribution >= 4 is 10.2 Å². The predicted octanol–water partition coefficient (Wildman–Crippen LogP) is 0.0507. The van der Waals surface area contributed by atoms with Crippen molar-refractivity contribution in [3.8, 4) is 0 Å². The van der Waals surface area contributed by atoms with Crippen molar-refractivity contribution in [1.82, 2.24) is 23.8 Å². The van der Waals surface area contributed by atoms with Gasteiger partial charge in [0.1, 0.15) is 12.2 Å². The molecule has 1 aromatic rings. The van der Waals surface area contributed by atoms with Gasteiger partial charge in [0.05, 0.1) is 6.04 Å². The van der Waals surface area contributed by atoms with Crippen LogP contribution in [0, 0.1) is 0 Å². The second-order valence-electron chi connectivity index (χ2n) is 4.20. The van der Waals surface area contributed by atoms with Crippen molar-refractivity contribution in [2.45, 2.75) is 32.9 Å². The molecule has 0 fully saturated rings. The molecule has 0 saturated carbocycles. The largest absolute Gasteiger partial charge is 0.280 e. The number of nitrogens with one attached hydrogen (secondary N) is 1. The van der Waals surface area contributed by atoms with Crippen LogP contribution in [0.25, 0.3) is 0 Å². The van der Waals surface area contributed by atoms with Gasteiger partial charge in [-0.1, -0.05) is 0 Å². The molecule has 0 aromatic carbocycles. The first kappa shape index (κ1) is 14.1. The van der Waals surface area contributed by atoms with Gasteiger partial charge in [-0.2, -0.15) is 22.5 Å². The van der Waals surface area contributed by atoms with E-state index in [2.05, 4.69) is 14.8 Å². The Balaban J connectivity index is 2.82. The van der Waals surface area contributed by atoms with Crippen molar-refractivity contribution in [3.05, 3.63) is 12.2 Å². The third kappa shape index (κ3) is 3.24. The molecule has 0 radical (unpaired) electrons. The first-order chi connectivity index (χ1) is 7.75. The van der Waals surface area contributed by atoms with Crippen molar-refractivity contribution in [3.63, 3.8) is 0 Å². The molecule has 1 atom stereocenters. The molecule has 8 heteroatoms. The highest BCUT2D eigenvalue weighted by atomic mass is 32.2. The van der Waals surface area contributed by atoms with Gasteiger partial charge in [-0.05, 0) is 20.8 Å². The highest BCUT2D eigenvalue weighted by Crippen LogP contribution is 2.11. The fraction of sp³-hybridized carbons (Fsp3) is 0.778. The van der Waals surface area contributed by atoms with E-state index in [1.54, 1.807) is 18.7 Å². The van der Waals surface area contributed by atoms with Crippen LogP contribution >= 0.6 is 0 Å². The Morgan fingerprint density at radius 3 is 2.41 bits per heavy atom. The van der Waals surface area contributed by atoms with Gasteiger partial charge in [0.25, 0.3) is 10.2 Å². The SMILES string of the molecule is CC(NS(=O)(=O)N(C)C(C)C)c1ncnn1C. The Hall–Kier alpha value is -0.990. The van der Waals surface area contributed by atoms with Crippen molar-refractivity contribution in [2.24, 2.45) is 7.05 Å². The maximum atomic E-state index is 11.9. The molecule has 1 N–H and O–H groups in total. The Morgan fingerprint density at radius 1 is 1.41 bits per heavy atom. The lowest BCUT2D eigenvalue weighted by molar-refractivity contribution is 0.396. The molecule has 1 aromatic heterocycles. The first-order valence-corrected chi connectivity index (χ1v) is 6.79. The summed E-state index contributed by atoms with van der Waals surface area (Å²) in [6, 6.07) is -0.520. The van der Waals surface area contributed by atoms with Crippen LogP contribution in [0.5, 0.6) is 0 Å². The average molecular weight is 261 g/mol. The topological polar surface area (TPSA) is 80.1 Å². The molecule has 0 aliphatic carbocycles. The van der Waals surface area contributed by atoms with Gasteiger partial charge in [-0.3, -0.25) is 4.68 Å². The van der Waals surface area contributed by atoms with E-state index >= 15 is 0 Å². The van der Waals surface area contributed by atoms with Crippen LogP contribution in [-0.4, -0.2) is 40.6 Å². The number of hydrogen-bond donors (Lipinski definition) is 1. The summed E-state index contributed by atoms with van der Waals surface area (Å²) >= 11 is 0. The van der Waals surface area contributed by atoms with Crippen LogP contribution in [0.2, 0.25) is 0 Å². The normalized spacial score (nSPS) is 14.5. The lowest BCUT2D eigenvalue weighted by Gasteiger charge is -2.23. The first-order valence-electron chi connectivity index (χ1n) is 5.35. The third-order valence-corrected chi connectivity index (χ3v) is 4.40. The number of hydrogen-bond acceptors (Lipinski definition) is 4. The van der Waals surface area contributed by atoms with Gasteiger partial charge in [-0.15, -0.1) is 0 Å². The van der Waals surface area contributed by atoms with Crippen LogP contribution in [0.4, 0.5) is 0 Å². The summed E-state index contributed by atoms with van der Waals surface area (Å²) in [5, 5.41) is 3.90. The summed E-state index contributed by atoms with van der Waals surface area (Å²) in [7, 11) is -0.240. The zero-order valence-corrected chi connectivity index (χ0v) is 11.6. The van der Waals surface area contributed by atoms with Crippen LogP contribution < -0.4 is 4.72 Å². The highest BCUT2D eigenvalue weighted by molar-refractivity contribution is 7.87. The third-order valence-electron chi connectivity index (χ3n) is 2.57. The van der Waals surface area contributed by atoms with Crippen molar-refractivity contribution in [1.29, 1.82) is 0 Å². The fourth-order valence-corrected chi connectivity index (χ4v) is 2.61. The van der Waals surface area contributed by atoms with Gasteiger partial charge in [0.2, 0.25) is 0 Å². The summed E-state index contributed by atoms with van der Waals surface area (Å²) in [5.41, 5.74) is 0. The molecule has 98 valence electrons. The average Bonchev–Trinajstić information content (AvgIpc) is 2.62. The van der Waals surface area contributed by atoms with E-state index in [-0.39, 0.29) is 6.04 Å². The molecule has 0 amide bonds. The number of nitrogens with zero attached hydrogens (tertiary/aromatic N) is 4. The van der Waals surface area contributed by atoms with E-state index < -0.39 is 16.3 Å². The second kappa shape index (κ2) is 5.11. The van der Waals surface area contributed by atoms with Crippen LogP contribution in [0.1, 0.15) is 32.6 Å². The number of rotatable bonds is 5.